The van der Waals surface area contributed by atoms with Crippen molar-refractivity contribution in [3.8, 4) is 22.8 Å². The lowest BCUT2D eigenvalue weighted by atomic mass is 10.1. The van der Waals surface area contributed by atoms with Crippen molar-refractivity contribution in [3.63, 3.8) is 0 Å². The molecule has 0 aliphatic heterocycles. The molecule has 1 aromatic heterocycles. The SMILES string of the molecule is CCCn1nc(-c2ccc(OC)cc2OC)cc1C(=O)Nc1ccc(Cl)c(Cl)c1. The molecule has 0 bridgehead atoms. The highest BCUT2D eigenvalue weighted by Crippen LogP contribution is 2.33. The number of halogens is 2. The topological polar surface area (TPSA) is 65.4 Å². The van der Waals surface area contributed by atoms with E-state index in [4.69, 9.17) is 32.7 Å². The largest absolute Gasteiger partial charge is 0.497 e. The minimum absolute atomic E-state index is 0.289. The number of nitrogens with zero attached hydrogens (tertiary/aromatic N) is 2. The quantitative estimate of drug-likeness (QED) is 0.531. The van der Waals surface area contributed by atoms with Crippen molar-refractivity contribution in [2.75, 3.05) is 19.5 Å². The van der Waals surface area contributed by atoms with Crippen LogP contribution in [0.2, 0.25) is 10.0 Å². The monoisotopic (exact) mass is 433 g/mol. The average molecular weight is 434 g/mol. The number of anilines is 1. The Morgan fingerprint density at radius 3 is 2.52 bits per heavy atom. The number of amides is 1. The Bertz CT molecular complexity index is 1030. The Hall–Kier alpha value is -2.70. The second-order valence-electron chi connectivity index (χ2n) is 6.29. The molecule has 0 saturated heterocycles. The third-order valence-corrected chi connectivity index (χ3v) is 5.05. The van der Waals surface area contributed by atoms with E-state index in [2.05, 4.69) is 10.4 Å². The van der Waals surface area contributed by atoms with E-state index in [1.54, 1.807) is 49.2 Å². The van der Waals surface area contributed by atoms with Gasteiger partial charge in [0.25, 0.3) is 5.91 Å². The summed E-state index contributed by atoms with van der Waals surface area (Å²) in [5.74, 6) is 1.00. The van der Waals surface area contributed by atoms with Crippen molar-refractivity contribution in [1.82, 2.24) is 9.78 Å². The molecule has 0 fully saturated rings. The zero-order valence-corrected chi connectivity index (χ0v) is 17.8. The number of aromatic nitrogens is 2. The molecule has 3 aromatic rings. The molecule has 152 valence electrons. The number of methoxy groups -OCH3 is 2. The van der Waals surface area contributed by atoms with Gasteiger partial charge in [-0.3, -0.25) is 9.48 Å². The van der Waals surface area contributed by atoms with Gasteiger partial charge in [-0.25, -0.2) is 0 Å². The van der Waals surface area contributed by atoms with E-state index in [9.17, 15) is 4.79 Å². The molecule has 1 N–H and O–H groups in total. The van der Waals surface area contributed by atoms with Crippen LogP contribution in [0, 0.1) is 0 Å². The molecule has 0 unspecified atom stereocenters. The highest BCUT2D eigenvalue weighted by atomic mass is 35.5. The van der Waals surface area contributed by atoms with Crippen LogP contribution < -0.4 is 14.8 Å². The van der Waals surface area contributed by atoms with Crippen molar-refractivity contribution < 1.29 is 14.3 Å². The van der Waals surface area contributed by atoms with Gasteiger partial charge >= 0.3 is 0 Å². The van der Waals surface area contributed by atoms with Crippen LogP contribution >= 0.6 is 23.2 Å². The number of aryl methyl sites for hydroxylation is 1. The number of benzene rings is 2. The van der Waals surface area contributed by atoms with Gasteiger partial charge in [-0.2, -0.15) is 5.10 Å². The fraction of sp³-hybridized carbons (Fsp3) is 0.238. The van der Waals surface area contributed by atoms with Crippen molar-refractivity contribution in [1.29, 1.82) is 0 Å². The smallest absolute Gasteiger partial charge is 0.273 e. The third-order valence-electron chi connectivity index (χ3n) is 4.31. The van der Waals surface area contributed by atoms with Gasteiger partial charge < -0.3 is 14.8 Å². The Balaban J connectivity index is 1.96. The number of nitrogens with one attached hydrogen (secondary N) is 1. The molecule has 2 aromatic carbocycles. The van der Waals surface area contributed by atoms with Crippen molar-refractivity contribution >= 4 is 34.8 Å². The fourth-order valence-corrected chi connectivity index (χ4v) is 3.19. The summed E-state index contributed by atoms with van der Waals surface area (Å²) in [4.78, 5) is 12.9. The van der Waals surface area contributed by atoms with Crippen molar-refractivity contribution in [2.24, 2.45) is 0 Å². The van der Waals surface area contributed by atoms with E-state index in [1.807, 2.05) is 19.1 Å². The van der Waals surface area contributed by atoms with E-state index in [0.29, 0.717) is 45.2 Å². The lowest BCUT2D eigenvalue weighted by Crippen LogP contribution is -2.17. The summed E-state index contributed by atoms with van der Waals surface area (Å²) in [6, 6.07) is 12.1. The molecule has 0 spiro atoms. The van der Waals surface area contributed by atoms with Crippen LogP contribution in [0.5, 0.6) is 11.5 Å². The molecule has 0 atom stereocenters. The van der Waals surface area contributed by atoms with Crippen molar-refractivity contribution in [2.45, 2.75) is 19.9 Å². The Kier molecular flexibility index (Phi) is 6.67. The van der Waals surface area contributed by atoms with Gasteiger partial charge in [-0.1, -0.05) is 30.1 Å². The summed E-state index contributed by atoms with van der Waals surface area (Å²) >= 11 is 12.0. The van der Waals surface area contributed by atoms with E-state index < -0.39 is 0 Å². The molecule has 1 amide bonds. The minimum Gasteiger partial charge on any atom is -0.497 e. The van der Waals surface area contributed by atoms with E-state index in [1.165, 1.54) is 0 Å². The molecule has 8 heteroatoms. The lowest BCUT2D eigenvalue weighted by molar-refractivity contribution is 0.101. The Morgan fingerprint density at radius 1 is 1.07 bits per heavy atom. The predicted molar refractivity (Wildman–Crippen MR) is 115 cm³/mol. The zero-order chi connectivity index (χ0) is 21.0. The highest BCUT2D eigenvalue weighted by Gasteiger charge is 2.19. The summed E-state index contributed by atoms with van der Waals surface area (Å²) < 4.78 is 12.4. The van der Waals surface area contributed by atoms with Gasteiger partial charge in [0.2, 0.25) is 0 Å². The number of hydrogen-bond acceptors (Lipinski definition) is 4. The number of carbonyl (C=O) groups excluding carboxylic acids is 1. The first-order chi connectivity index (χ1) is 14.0. The van der Waals surface area contributed by atoms with Crippen LogP contribution in [0.25, 0.3) is 11.3 Å². The number of hydrogen-bond donors (Lipinski definition) is 1. The first kappa shape index (κ1) is 21.0. The van der Waals surface area contributed by atoms with Crippen LogP contribution in [0.1, 0.15) is 23.8 Å². The second kappa shape index (κ2) is 9.20. The number of rotatable bonds is 7. The maximum absolute atomic E-state index is 12.9. The average Bonchev–Trinajstić information content (AvgIpc) is 3.14. The lowest BCUT2D eigenvalue weighted by Gasteiger charge is -2.08. The van der Waals surface area contributed by atoms with Crippen LogP contribution in [0.3, 0.4) is 0 Å². The van der Waals surface area contributed by atoms with E-state index >= 15 is 0 Å². The zero-order valence-electron chi connectivity index (χ0n) is 16.3. The minimum atomic E-state index is -0.289. The van der Waals surface area contributed by atoms with E-state index in [-0.39, 0.29) is 5.91 Å². The summed E-state index contributed by atoms with van der Waals surface area (Å²) in [5.41, 5.74) is 2.40. The van der Waals surface area contributed by atoms with Gasteiger partial charge in [0, 0.05) is 23.9 Å². The second-order valence-corrected chi connectivity index (χ2v) is 7.10. The fourth-order valence-electron chi connectivity index (χ4n) is 2.89. The van der Waals surface area contributed by atoms with Gasteiger partial charge in [0.1, 0.15) is 17.2 Å². The molecule has 6 nitrogen and oxygen atoms in total. The molecule has 1 heterocycles. The highest BCUT2D eigenvalue weighted by molar-refractivity contribution is 6.42. The van der Waals surface area contributed by atoms with E-state index in [0.717, 1.165) is 12.0 Å². The molecular formula is C21H21Cl2N3O3. The third kappa shape index (κ3) is 4.66. The summed E-state index contributed by atoms with van der Waals surface area (Å²) in [6.45, 7) is 2.62. The van der Waals surface area contributed by atoms with Gasteiger partial charge in [0.15, 0.2) is 0 Å². The molecule has 0 aliphatic carbocycles. The summed E-state index contributed by atoms with van der Waals surface area (Å²) in [7, 11) is 3.18. The molecule has 0 aliphatic rings. The molecule has 3 rings (SSSR count). The molecule has 0 saturated carbocycles. The maximum Gasteiger partial charge on any atom is 0.273 e. The Morgan fingerprint density at radius 2 is 1.86 bits per heavy atom. The molecular weight excluding hydrogens is 413 g/mol. The van der Waals surface area contributed by atoms with Gasteiger partial charge in [-0.05, 0) is 42.8 Å². The van der Waals surface area contributed by atoms with Crippen LogP contribution in [-0.4, -0.2) is 29.9 Å². The number of carbonyl (C=O) groups is 1. The molecule has 0 radical (unpaired) electrons. The first-order valence-corrected chi connectivity index (χ1v) is 9.79. The summed E-state index contributed by atoms with van der Waals surface area (Å²) in [5, 5.41) is 8.26. The molecule has 29 heavy (non-hydrogen) atoms. The normalized spacial score (nSPS) is 10.7. The first-order valence-electron chi connectivity index (χ1n) is 9.03. The van der Waals surface area contributed by atoms with Crippen LogP contribution in [0.15, 0.2) is 42.5 Å². The number of ether oxygens (including phenoxy) is 2. The van der Waals surface area contributed by atoms with Gasteiger partial charge in [-0.15, -0.1) is 0 Å². The maximum atomic E-state index is 12.9. The standard InChI is InChI=1S/C21H21Cl2N3O3/c1-4-9-26-19(21(27)24-13-5-8-16(22)17(23)10-13)12-18(25-26)15-7-6-14(28-2)11-20(15)29-3/h5-8,10-12H,4,9H2,1-3H3,(H,24,27). The predicted octanol–water partition coefficient (Wildman–Crippen LogP) is 5.54. The van der Waals surface area contributed by atoms with Crippen LogP contribution in [-0.2, 0) is 6.54 Å². The van der Waals surface area contributed by atoms with Gasteiger partial charge in [0.05, 0.1) is 30.0 Å². The van der Waals surface area contributed by atoms with Crippen molar-refractivity contribution in [3.05, 3.63) is 58.2 Å². The summed E-state index contributed by atoms with van der Waals surface area (Å²) in [6.07, 6.45) is 0.827. The van der Waals surface area contributed by atoms with Crippen LogP contribution in [0.4, 0.5) is 5.69 Å². The Labute approximate surface area is 179 Å².